The van der Waals surface area contributed by atoms with E-state index in [1.807, 2.05) is 44.2 Å². The van der Waals surface area contributed by atoms with Crippen molar-refractivity contribution < 1.29 is 4.79 Å². The number of hydrogen-bond acceptors (Lipinski definition) is 6. The van der Waals surface area contributed by atoms with Crippen molar-refractivity contribution in [1.82, 2.24) is 20.3 Å². The zero-order chi connectivity index (χ0) is 21.3. The van der Waals surface area contributed by atoms with Crippen molar-refractivity contribution >= 4 is 41.0 Å². The molecule has 0 spiro atoms. The minimum absolute atomic E-state index is 0.191. The van der Waals surface area contributed by atoms with Crippen LogP contribution in [0.4, 0.5) is 17.5 Å². The molecule has 2 heterocycles. The van der Waals surface area contributed by atoms with E-state index in [0.717, 1.165) is 16.9 Å². The quantitative estimate of drug-likeness (QED) is 0.373. The van der Waals surface area contributed by atoms with Gasteiger partial charge in [0.25, 0.3) is 0 Å². The van der Waals surface area contributed by atoms with Crippen LogP contribution in [-0.4, -0.2) is 33.9 Å². The lowest BCUT2D eigenvalue weighted by Gasteiger charge is -2.10. The molecule has 1 aromatic carbocycles. The van der Waals surface area contributed by atoms with Gasteiger partial charge in [-0.1, -0.05) is 29.8 Å². The molecule has 0 bridgehead atoms. The average Bonchev–Trinajstić information content (AvgIpc) is 2.70. The highest BCUT2D eigenvalue weighted by Crippen LogP contribution is 2.17. The fraction of sp³-hybridized carbons (Fsp3) is 0.182. The molecule has 0 atom stereocenters. The Bertz CT molecular complexity index is 1050. The number of pyridine rings is 1. The molecular formula is C22H23ClN6O. The van der Waals surface area contributed by atoms with Gasteiger partial charge in [-0.05, 0) is 49.2 Å². The molecule has 8 heteroatoms. The van der Waals surface area contributed by atoms with Crippen molar-refractivity contribution in [1.29, 1.82) is 0 Å². The Labute approximate surface area is 180 Å². The van der Waals surface area contributed by atoms with Crippen molar-refractivity contribution in [2.45, 2.75) is 13.8 Å². The van der Waals surface area contributed by atoms with Crippen LogP contribution in [0.1, 0.15) is 17.0 Å². The molecule has 7 nitrogen and oxygen atoms in total. The molecule has 2 aromatic heterocycles. The summed E-state index contributed by atoms with van der Waals surface area (Å²) in [6.07, 6.45) is 4.90. The Morgan fingerprint density at radius 3 is 2.63 bits per heavy atom. The second-order valence-corrected chi connectivity index (χ2v) is 7.01. The topological polar surface area (TPSA) is 91.8 Å². The van der Waals surface area contributed by atoms with Gasteiger partial charge in [-0.2, -0.15) is 0 Å². The Kier molecular flexibility index (Phi) is 7.34. The Balaban J connectivity index is 1.49. The van der Waals surface area contributed by atoms with Crippen LogP contribution in [0.25, 0.3) is 6.08 Å². The summed E-state index contributed by atoms with van der Waals surface area (Å²) in [5, 5.41) is 9.79. The molecule has 0 fully saturated rings. The number of nitrogens with zero attached hydrogens (tertiary/aromatic N) is 3. The molecule has 0 saturated carbocycles. The van der Waals surface area contributed by atoms with E-state index in [0.29, 0.717) is 35.6 Å². The fourth-order valence-corrected chi connectivity index (χ4v) is 2.87. The van der Waals surface area contributed by atoms with Gasteiger partial charge in [0.1, 0.15) is 23.3 Å². The zero-order valence-electron chi connectivity index (χ0n) is 16.8. The van der Waals surface area contributed by atoms with E-state index in [2.05, 4.69) is 30.9 Å². The second kappa shape index (κ2) is 10.4. The van der Waals surface area contributed by atoms with E-state index in [-0.39, 0.29) is 5.91 Å². The van der Waals surface area contributed by atoms with Gasteiger partial charge < -0.3 is 16.0 Å². The Morgan fingerprint density at radius 2 is 1.83 bits per heavy atom. The zero-order valence-corrected chi connectivity index (χ0v) is 17.6. The first kappa shape index (κ1) is 21.3. The van der Waals surface area contributed by atoms with Crippen LogP contribution in [0.5, 0.6) is 0 Å². The highest BCUT2D eigenvalue weighted by Gasteiger charge is 2.04. The van der Waals surface area contributed by atoms with Crippen molar-refractivity contribution in [3.8, 4) is 0 Å². The summed E-state index contributed by atoms with van der Waals surface area (Å²) in [6.45, 7) is 4.78. The molecule has 3 aromatic rings. The predicted octanol–water partition coefficient (Wildman–Crippen LogP) is 4.13. The summed E-state index contributed by atoms with van der Waals surface area (Å²) in [4.78, 5) is 25.0. The van der Waals surface area contributed by atoms with Crippen molar-refractivity contribution in [3.05, 3.63) is 76.7 Å². The first-order valence-electron chi connectivity index (χ1n) is 9.49. The highest BCUT2D eigenvalue weighted by atomic mass is 35.5. The molecule has 0 aliphatic rings. The lowest BCUT2D eigenvalue weighted by Crippen LogP contribution is -2.27. The molecule has 0 radical (unpaired) electrons. The first-order chi connectivity index (χ1) is 14.5. The number of carbonyl (C=O) groups is 1. The molecule has 3 N–H and O–H groups in total. The molecule has 30 heavy (non-hydrogen) atoms. The molecule has 0 aliphatic heterocycles. The van der Waals surface area contributed by atoms with E-state index in [1.54, 1.807) is 24.4 Å². The SMILES string of the molecule is Cc1ccnc(Nc2cc(NCCNC(=O)/C=C/c3ccccc3Cl)nc(C)n2)c1. The number of amides is 1. The van der Waals surface area contributed by atoms with Gasteiger partial charge in [0.05, 0.1) is 0 Å². The van der Waals surface area contributed by atoms with Crippen LogP contribution >= 0.6 is 11.6 Å². The number of hydrogen-bond donors (Lipinski definition) is 3. The van der Waals surface area contributed by atoms with E-state index in [4.69, 9.17) is 11.6 Å². The van der Waals surface area contributed by atoms with Crippen LogP contribution in [-0.2, 0) is 4.79 Å². The molecule has 0 saturated heterocycles. The summed E-state index contributed by atoms with van der Waals surface area (Å²) < 4.78 is 0. The van der Waals surface area contributed by atoms with Gasteiger partial charge in [0.2, 0.25) is 5.91 Å². The van der Waals surface area contributed by atoms with Crippen molar-refractivity contribution in [3.63, 3.8) is 0 Å². The molecule has 0 unspecified atom stereocenters. The minimum atomic E-state index is -0.191. The molecule has 154 valence electrons. The molecule has 1 amide bonds. The first-order valence-corrected chi connectivity index (χ1v) is 9.87. The second-order valence-electron chi connectivity index (χ2n) is 6.60. The van der Waals surface area contributed by atoms with E-state index in [1.165, 1.54) is 6.08 Å². The summed E-state index contributed by atoms with van der Waals surface area (Å²) in [5.74, 6) is 2.47. The lowest BCUT2D eigenvalue weighted by molar-refractivity contribution is -0.116. The third-order valence-corrected chi connectivity index (χ3v) is 4.40. The number of anilines is 3. The monoisotopic (exact) mass is 422 g/mol. The number of benzene rings is 1. The number of rotatable bonds is 8. The van der Waals surface area contributed by atoms with Crippen molar-refractivity contribution in [2.75, 3.05) is 23.7 Å². The van der Waals surface area contributed by atoms with Gasteiger partial charge in [-0.25, -0.2) is 15.0 Å². The Hall–Kier alpha value is -3.45. The number of carbonyl (C=O) groups excluding carboxylic acids is 1. The van der Waals surface area contributed by atoms with Gasteiger partial charge in [-0.15, -0.1) is 0 Å². The van der Waals surface area contributed by atoms with E-state index in [9.17, 15) is 4.79 Å². The van der Waals surface area contributed by atoms with Gasteiger partial charge in [0.15, 0.2) is 0 Å². The number of aryl methyl sites for hydroxylation is 2. The molecular weight excluding hydrogens is 400 g/mol. The maximum absolute atomic E-state index is 12.0. The maximum atomic E-state index is 12.0. The smallest absolute Gasteiger partial charge is 0.244 e. The summed E-state index contributed by atoms with van der Waals surface area (Å²) >= 11 is 6.07. The normalized spacial score (nSPS) is 10.8. The van der Waals surface area contributed by atoms with Crippen LogP contribution in [0.15, 0.2) is 54.7 Å². The number of nitrogens with one attached hydrogen (secondary N) is 3. The summed E-state index contributed by atoms with van der Waals surface area (Å²) in [5.41, 5.74) is 1.91. The maximum Gasteiger partial charge on any atom is 0.244 e. The average molecular weight is 423 g/mol. The summed E-state index contributed by atoms with van der Waals surface area (Å²) in [6, 6.07) is 13.0. The Morgan fingerprint density at radius 1 is 1.03 bits per heavy atom. The summed E-state index contributed by atoms with van der Waals surface area (Å²) in [7, 11) is 0. The highest BCUT2D eigenvalue weighted by molar-refractivity contribution is 6.32. The van der Waals surface area contributed by atoms with Gasteiger partial charge in [-0.3, -0.25) is 4.79 Å². The van der Waals surface area contributed by atoms with Crippen LogP contribution in [0, 0.1) is 13.8 Å². The van der Waals surface area contributed by atoms with Crippen LogP contribution in [0.2, 0.25) is 5.02 Å². The standard InChI is InChI=1S/C22H23ClN6O/c1-15-9-10-24-19(13-15)29-21-14-20(27-16(2)28-21)25-11-12-26-22(30)8-7-17-5-3-4-6-18(17)23/h3-10,13-14H,11-12H2,1-2H3,(H,26,30)(H2,24,25,27,28,29)/b8-7+. The molecule has 0 aliphatic carbocycles. The van der Waals surface area contributed by atoms with Gasteiger partial charge >= 0.3 is 0 Å². The fourth-order valence-electron chi connectivity index (χ4n) is 2.67. The number of halogens is 1. The van der Waals surface area contributed by atoms with Crippen molar-refractivity contribution in [2.24, 2.45) is 0 Å². The molecule has 3 rings (SSSR count). The number of aromatic nitrogens is 3. The third kappa shape index (κ3) is 6.56. The lowest BCUT2D eigenvalue weighted by atomic mass is 10.2. The van der Waals surface area contributed by atoms with Crippen LogP contribution < -0.4 is 16.0 Å². The van der Waals surface area contributed by atoms with Crippen LogP contribution in [0.3, 0.4) is 0 Å². The van der Waals surface area contributed by atoms with E-state index < -0.39 is 0 Å². The largest absolute Gasteiger partial charge is 0.368 e. The predicted molar refractivity (Wildman–Crippen MR) is 121 cm³/mol. The van der Waals surface area contributed by atoms with Gasteiger partial charge in [0, 0.05) is 36.5 Å². The van der Waals surface area contributed by atoms with E-state index >= 15 is 0 Å². The minimum Gasteiger partial charge on any atom is -0.368 e. The third-order valence-electron chi connectivity index (χ3n) is 4.06.